The number of anilines is 2. The first-order valence-electron chi connectivity index (χ1n) is 7.18. The van der Waals surface area contributed by atoms with E-state index in [0.29, 0.717) is 12.2 Å². The van der Waals surface area contributed by atoms with Gasteiger partial charge in [0.05, 0.1) is 0 Å². The standard InChI is InChI=1S/C13H23N5O2/c1-3-17-7-5-6-9(8-17)15-10-11(14)18(4-2)13(20)16-12(10)19/h9,15H,3-8,14H2,1-2H3,(H,16,19,20). The maximum absolute atomic E-state index is 11.9. The predicted molar refractivity (Wildman–Crippen MR) is 80.2 cm³/mol. The molecule has 0 aliphatic carbocycles. The third kappa shape index (κ3) is 2.87. The number of aromatic amines is 1. The van der Waals surface area contributed by atoms with Gasteiger partial charge in [-0.2, -0.15) is 0 Å². The average molecular weight is 281 g/mol. The summed E-state index contributed by atoms with van der Waals surface area (Å²) in [6, 6.07) is 0.190. The quantitative estimate of drug-likeness (QED) is 0.724. The number of piperidine rings is 1. The highest BCUT2D eigenvalue weighted by atomic mass is 16.2. The van der Waals surface area contributed by atoms with Crippen LogP contribution < -0.4 is 22.3 Å². The molecule has 1 fully saturated rings. The fourth-order valence-corrected chi connectivity index (χ4v) is 2.71. The van der Waals surface area contributed by atoms with Gasteiger partial charge < -0.3 is 16.0 Å². The van der Waals surface area contributed by atoms with Crippen molar-refractivity contribution in [1.82, 2.24) is 14.5 Å². The molecule has 0 spiro atoms. The summed E-state index contributed by atoms with van der Waals surface area (Å²) in [5.41, 5.74) is 5.36. The van der Waals surface area contributed by atoms with E-state index >= 15 is 0 Å². The number of rotatable bonds is 4. The number of likely N-dealkylation sites (tertiary alicyclic amines) is 1. The maximum atomic E-state index is 11.9. The van der Waals surface area contributed by atoms with Crippen LogP contribution in [0.5, 0.6) is 0 Å². The molecule has 0 aromatic carbocycles. The summed E-state index contributed by atoms with van der Waals surface area (Å²) in [5, 5.41) is 3.21. The minimum Gasteiger partial charge on any atom is -0.383 e. The number of H-pyrrole nitrogens is 1. The molecule has 0 amide bonds. The Hall–Kier alpha value is -1.76. The van der Waals surface area contributed by atoms with Crippen molar-refractivity contribution in [2.75, 3.05) is 30.7 Å². The Kier molecular flexibility index (Phi) is 4.49. The molecule has 4 N–H and O–H groups in total. The van der Waals surface area contributed by atoms with Crippen molar-refractivity contribution in [1.29, 1.82) is 0 Å². The second-order valence-corrected chi connectivity index (χ2v) is 5.14. The van der Waals surface area contributed by atoms with Crippen molar-refractivity contribution in [3.05, 3.63) is 20.8 Å². The van der Waals surface area contributed by atoms with Crippen LogP contribution in [0, 0.1) is 0 Å². The molecule has 112 valence electrons. The second-order valence-electron chi connectivity index (χ2n) is 5.14. The molecule has 1 aliphatic heterocycles. The number of likely N-dealkylation sites (N-methyl/N-ethyl adjacent to an activating group) is 1. The summed E-state index contributed by atoms with van der Waals surface area (Å²) in [4.78, 5) is 28.2. The number of hydrogen-bond donors (Lipinski definition) is 3. The maximum Gasteiger partial charge on any atom is 0.330 e. The summed E-state index contributed by atoms with van der Waals surface area (Å²) in [7, 11) is 0. The zero-order chi connectivity index (χ0) is 14.7. The molecule has 2 rings (SSSR count). The lowest BCUT2D eigenvalue weighted by Crippen LogP contribution is -2.44. The Bertz CT molecular complexity index is 577. The van der Waals surface area contributed by atoms with Gasteiger partial charge in [-0.25, -0.2) is 4.79 Å². The lowest BCUT2D eigenvalue weighted by Gasteiger charge is -2.32. The molecule has 1 saturated heterocycles. The van der Waals surface area contributed by atoms with Crippen LogP contribution in [0.3, 0.4) is 0 Å². The molecule has 1 aromatic heterocycles. The number of aromatic nitrogens is 2. The molecule has 20 heavy (non-hydrogen) atoms. The van der Waals surface area contributed by atoms with E-state index in [0.717, 1.165) is 32.5 Å². The number of hydrogen-bond acceptors (Lipinski definition) is 5. The highest BCUT2D eigenvalue weighted by molar-refractivity contribution is 5.60. The molecule has 1 atom stereocenters. The smallest absolute Gasteiger partial charge is 0.330 e. The Morgan fingerprint density at radius 3 is 2.75 bits per heavy atom. The Morgan fingerprint density at radius 1 is 1.35 bits per heavy atom. The fraction of sp³-hybridized carbons (Fsp3) is 0.692. The summed E-state index contributed by atoms with van der Waals surface area (Å²) in [6.45, 7) is 7.36. The third-order valence-electron chi connectivity index (χ3n) is 3.86. The van der Waals surface area contributed by atoms with Crippen LogP contribution in [-0.2, 0) is 6.54 Å². The monoisotopic (exact) mass is 281 g/mol. The zero-order valence-electron chi connectivity index (χ0n) is 12.1. The molecule has 0 saturated carbocycles. The third-order valence-corrected chi connectivity index (χ3v) is 3.86. The van der Waals surface area contributed by atoms with Gasteiger partial charge in [0.25, 0.3) is 5.56 Å². The Morgan fingerprint density at radius 2 is 2.10 bits per heavy atom. The fourth-order valence-electron chi connectivity index (χ4n) is 2.71. The van der Waals surface area contributed by atoms with E-state index in [9.17, 15) is 9.59 Å². The van der Waals surface area contributed by atoms with E-state index in [-0.39, 0.29) is 11.9 Å². The molecule has 7 heteroatoms. The van der Waals surface area contributed by atoms with Gasteiger partial charge in [-0.15, -0.1) is 0 Å². The van der Waals surface area contributed by atoms with Crippen LogP contribution in [0.1, 0.15) is 26.7 Å². The van der Waals surface area contributed by atoms with Gasteiger partial charge >= 0.3 is 5.69 Å². The van der Waals surface area contributed by atoms with E-state index in [1.54, 1.807) is 0 Å². The van der Waals surface area contributed by atoms with Gasteiger partial charge in [-0.1, -0.05) is 6.92 Å². The highest BCUT2D eigenvalue weighted by Gasteiger charge is 2.21. The largest absolute Gasteiger partial charge is 0.383 e. The van der Waals surface area contributed by atoms with Gasteiger partial charge in [-0.3, -0.25) is 14.3 Å². The van der Waals surface area contributed by atoms with Crippen LogP contribution in [0.2, 0.25) is 0 Å². The van der Waals surface area contributed by atoms with Crippen LogP contribution in [0.15, 0.2) is 9.59 Å². The summed E-state index contributed by atoms with van der Waals surface area (Å²) < 4.78 is 1.37. The minimum absolute atomic E-state index is 0.190. The number of nitrogens with zero attached hydrogens (tertiary/aromatic N) is 2. The summed E-state index contributed by atoms with van der Waals surface area (Å²) in [5.74, 6) is 0.217. The van der Waals surface area contributed by atoms with E-state index in [1.165, 1.54) is 4.57 Å². The summed E-state index contributed by atoms with van der Waals surface area (Å²) in [6.07, 6.45) is 2.09. The lowest BCUT2D eigenvalue weighted by atomic mass is 10.1. The second kappa shape index (κ2) is 6.13. The highest BCUT2D eigenvalue weighted by Crippen LogP contribution is 2.17. The molecule has 7 nitrogen and oxygen atoms in total. The molecule has 2 heterocycles. The first kappa shape index (κ1) is 14.6. The average Bonchev–Trinajstić information content (AvgIpc) is 2.44. The van der Waals surface area contributed by atoms with Gasteiger partial charge in [0, 0.05) is 19.1 Å². The van der Waals surface area contributed by atoms with E-state index in [2.05, 4.69) is 22.1 Å². The molecule has 0 bridgehead atoms. The van der Waals surface area contributed by atoms with E-state index < -0.39 is 11.2 Å². The number of nitrogens with one attached hydrogen (secondary N) is 2. The van der Waals surface area contributed by atoms with Crippen molar-refractivity contribution >= 4 is 11.5 Å². The molecule has 0 radical (unpaired) electrons. The molecular weight excluding hydrogens is 258 g/mol. The van der Waals surface area contributed by atoms with Crippen molar-refractivity contribution in [3.63, 3.8) is 0 Å². The Balaban J connectivity index is 2.25. The van der Waals surface area contributed by atoms with Crippen LogP contribution in [0.4, 0.5) is 11.5 Å². The van der Waals surface area contributed by atoms with Crippen molar-refractivity contribution < 1.29 is 0 Å². The summed E-state index contributed by atoms with van der Waals surface area (Å²) >= 11 is 0. The van der Waals surface area contributed by atoms with E-state index in [1.807, 2.05) is 6.92 Å². The molecule has 1 unspecified atom stereocenters. The van der Waals surface area contributed by atoms with Crippen LogP contribution in [-0.4, -0.2) is 40.1 Å². The normalized spacial score (nSPS) is 20.0. The number of nitrogen functional groups attached to an aromatic ring is 1. The zero-order valence-corrected chi connectivity index (χ0v) is 12.1. The lowest BCUT2D eigenvalue weighted by molar-refractivity contribution is 0.227. The first-order chi connectivity index (χ1) is 9.56. The number of nitrogens with two attached hydrogens (primary N) is 1. The van der Waals surface area contributed by atoms with Crippen LogP contribution in [0.25, 0.3) is 0 Å². The van der Waals surface area contributed by atoms with Crippen molar-refractivity contribution in [2.24, 2.45) is 0 Å². The SMILES string of the molecule is CCN1CCCC(Nc2c(N)n(CC)c(=O)[nH]c2=O)C1. The van der Waals surface area contributed by atoms with Crippen molar-refractivity contribution in [3.8, 4) is 0 Å². The molecule has 1 aliphatic rings. The topological polar surface area (TPSA) is 96.2 Å². The molecular formula is C13H23N5O2. The first-order valence-corrected chi connectivity index (χ1v) is 7.18. The van der Waals surface area contributed by atoms with E-state index in [4.69, 9.17) is 5.73 Å². The van der Waals surface area contributed by atoms with Gasteiger partial charge in [0.15, 0.2) is 0 Å². The predicted octanol–water partition coefficient (Wildman–Crippen LogP) is 0.0349. The minimum atomic E-state index is -0.459. The molecule has 1 aromatic rings. The van der Waals surface area contributed by atoms with Crippen molar-refractivity contribution in [2.45, 2.75) is 39.3 Å². The van der Waals surface area contributed by atoms with Gasteiger partial charge in [-0.05, 0) is 32.9 Å². The van der Waals surface area contributed by atoms with Gasteiger partial charge in [0.1, 0.15) is 11.5 Å². The van der Waals surface area contributed by atoms with Gasteiger partial charge in [0.2, 0.25) is 0 Å². The Labute approximate surface area is 117 Å². The van der Waals surface area contributed by atoms with Crippen LogP contribution >= 0.6 is 0 Å².